The largest absolute Gasteiger partial charge is 0.491 e. The lowest BCUT2D eigenvalue weighted by molar-refractivity contribution is -0.141. The Kier molecular flexibility index (Phi) is 12.6. The van der Waals surface area contributed by atoms with Crippen LogP contribution in [0.1, 0.15) is 83.6 Å². The summed E-state index contributed by atoms with van der Waals surface area (Å²) < 4.78 is 28.3. The highest BCUT2D eigenvalue weighted by molar-refractivity contribution is 5.84. The number of hydrogen-bond acceptors (Lipinski definition) is 7. The number of rotatable bonds is 12. The standard InChI is InChI=1S/C32H47FN2O7/c1-32(2,3)42-31(39)34-16-12-23(13-17-34)10-11-29(37)35-15-6-8-25(22-35)28(36)20-26(21-30(38)40-4)24-7-5-9-27(19-24)41-18-14-33/h5,7,9,19,23,25-26H,6,8,10-18,20-22H2,1-4H3/t25-,26-/m1/s1. The van der Waals surface area contributed by atoms with E-state index in [0.717, 1.165) is 31.2 Å². The summed E-state index contributed by atoms with van der Waals surface area (Å²) in [6.45, 7) is 7.17. The number of ether oxygens (including phenoxy) is 3. The number of piperidine rings is 2. The van der Waals surface area contributed by atoms with E-state index in [0.29, 0.717) is 50.7 Å². The number of ketones is 1. The molecule has 0 spiro atoms. The average Bonchev–Trinajstić information content (AvgIpc) is 2.97. The molecule has 1 aromatic carbocycles. The Bertz CT molecular complexity index is 1070. The Morgan fingerprint density at radius 2 is 1.76 bits per heavy atom. The van der Waals surface area contributed by atoms with Crippen LogP contribution in [0.3, 0.4) is 0 Å². The number of halogens is 1. The molecule has 3 rings (SSSR count). The van der Waals surface area contributed by atoms with Crippen LogP contribution in [-0.2, 0) is 23.9 Å². The lowest BCUT2D eigenvalue weighted by Gasteiger charge is -2.35. The monoisotopic (exact) mass is 590 g/mol. The molecule has 0 aromatic heterocycles. The molecule has 2 aliphatic rings. The number of carbonyl (C=O) groups excluding carboxylic acids is 4. The molecule has 234 valence electrons. The number of likely N-dealkylation sites (tertiary alicyclic amines) is 2. The second-order valence-electron chi connectivity index (χ2n) is 12.4. The second kappa shape index (κ2) is 15.9. The molecule has 0 N–H and O–H groups in total. The second-order valence-corrected chi connectivity index (χ2v) is 12.4. The van der Waals surface area contributed by atoms with Crippen molar-refractivity contribution >= 4 is 23.8 Å². The molecule has 2 heterocycles. The van der Waals surface area contributed by atoms with Crippen LogP contribution in [0.15, 0.2) is 24.3 Å². The fraction of sp³-hybridized carbons (Fsp3) is 0.688. The van der Waals surface area contributed by atoms with E-state index in [9.17, 15) is 23.6 Å². The van der Waals surface area contributed by atoms with E-state index in [-0.39, 0.29) is 43.2 Å². The lowest BCUT2D eigenvalue weighted by Crippen LogP contribution is -2.43. The number of benzene rings is 1. The summed E-state index contributed by atoms with van der Waals surface area (Å²) in [5.41, 5.74) is 0.235. The highest BCUT2D eigenvalue weighted by Crippen LogP contribution is 2.31. The Morgan fingerprint density at radius 1 is 1.02 bits per heavy atom. The minimum Gasteiger partial charge on any atom is -0.491 e. The van der Waals surface area contributed by atoms with Crippen molar-refractivity contribution < 1.29 is 37.8 Å². The minimum atomic E-state index is -0.613. The van der Waals surface area contributed by atoms with E-state index in [4.69, 9.17) is 14.2 Å². The Morgan fingerprint density at radius 3 is 2.43 bits per heavy atom. The zero-order valence-electron chi connectivity index (χ0n) is 25.6. The average molecular weight is 591 g/mol. The number of Topliss-reactive ketones (excluding diaryl/α,β-unsaturated/α-hetero) is 1. The molecule has 0 saturated carbocycles. The molecule has 0 unspecified atom stereocenters. The zero-order chi connectivity index (χ0) is 30.7. The third-order valence-electron chi connectivity index (χ3n) is 8.03. The van der Waals surface area contributed by atoms with Gasteiger partial charge in [0.25, 0.3) is 0 Å². The van der Waals surface area contributed by atoms with Crippen molar-refractivity contribution in [1.82, 2.24) is 9.80 Å². The Labute approximate surface area is 249 Å². The SMILES string of the molecule is COC(=O)C[C@@H](CC(=O)[C@@H]1CCCN(C(=O)CCC2CCN(C(=O)OC(C)(C)C)CC2)C1)c1cccc(OCCF)c1. The topological polar surface area (TPSA) is 102 Å². The third kappa shape index (κ3) is 10.6. The first-order valence-corrected chi connectivity index (χ1v) is 15.1. The molecule has 1 aromatic rings. The van der Waals surface area contributed by atoms with Crippen LogP contribution in [0.4, 0.5) is 9.18 Å². The van der Waals surface area contributed by atoms with Gasteiger partial charge in [0.05, 0.1) is 13.5 Å². The summed E-state index contributed by atoms with van der Waals surface area (Å²) in [6, 6.07) is 7.05. The van der Waals surface area contributed by atoms with Gasteiger partial charge < -0.3 is 24.0 Å². The van der Waals surface area contributed by atoms with Gasteiger partial charge in [-0.2, -0.15) is 0 Å². The van der Waals surface area contributed by atoms with Crippen LogP contribution >= 0.6 is 0 Å². The van der Waals surface area contributed by atoms with Gasteiger partial charge in [-0.3, -0.25) is 14.4 Å². The summed E-state index contributed by atoms with van der Waals surface area (Å²) in [6.07, 6.45) is 4.23. The van der Waals surface area contributed by atoms with Crippen LogP contribution in [0.5, 0.6) is 5.75 Å². The van der Waals surface area contributed by atoms with Gasteiger partial charge in [0, 0.05) is 50.9 Å². The van der Waals surface area contributed by atoms with Crippen molar-refractivity contribution in [2.24, 2.45) is 11.8 Å². The molecule has 0 bridgehead atoms. The van der Waals surface area contributed by atoms with Crippen molar-refractivity contribution in [2.75, 3.05) is 46.6 Å². The Balaban J connectivity index is 1.51. The smallest absolute Gasteiger partial charge is 0.410 e. The maximum absolute atomic E-state index is 13.4. The minimum absolute atomic E-state index is 0.0194. The molecule has 0 aliphatic carbocycles. The fourth-order valence-corrected chi connectivity index (χ4v) is 5.70. The quantitative estimate of drug-likeness (QED) is 0.304. The van der Waals surface area contributed by atoms with Crippen LogP contribution in [0.2, 0.25) is 0 Å². The van der Waals surface area contributed by atoms with Crippen molar-refractivity contribution in [3.63, 3.8) is 0 Å². The number of carbonyl (C=O) groups is 4. The molecule has 0 radical (unpaired) electrons. The van der Waals surface area contributed by atoms with Crippen molar-refractivity contribution in [3.8, 4) is 5.75 Å². The molecule has 10 heteroatoms. The van der Waals surface area contributed by atoms with Gasteiger partial charge in [-0.25, -0.2) is 9.18 Å². The number of nitrogens with zero attached hydrogens (tertiary/aromatic N) is 2. The van der Waals surface area contributed by atoms with Crippen molar-refractivity contribution in [1.29, 1.82) is 0 Å². The maximum Gasteiger partial charge on any atom is 0.410 e. The maximum atomic E-state index is 13.4. The van der Waals surface area contributed by atoms with Crippen LogP contribution in [0.25, 0.3) is 0 Å². The molecule has 2 saturated heterocycles. The molecule has 2 amide bonds. The number of hydrogen-bond donors (Lipinski definition) is 0. The van der Waals surface area contributed by atoms with E-state index < -0.39 is 24.2 Å². The van der Waals surface area contributed by atoms with Crippen LogP contribution < -0.4 is 4.74 Å². The molecule has 42 heavy (non-hydrogen) atoms. The van der Waals surface area contributed by atoms with Gasteiger partial charge >= 0.3 is 12.1 Å². The first kappa shape index (κ1) is 33.3. The molecular weight excluding hydrogens is 543 g/mol. The van der Waals surface area contributed by atoms with E-state index >= 15 is 0 Å². The van der Waals surface area contributed by atoms with Gasteiger partial charge in [0.15, 0.2) is 0 Å². The summed E-state index contributed by atoms with van der Waals surface area (Å²) >= 11 is 0. The summed E-state index contributed by atoms with van der Waals surface area (Å²) in [5.74, 6) is -0.171. The molecular formula is C32H47FN2O7. The summed E-state index contributed by atoms with van der Waals surface area (Å²) in [7, 11) is 1.32. The fourth-order valence-electron chi connectivity index (χ4n) is 5.70. The van der Waals surface area contributed by atoms with E-state index in [1.165, 1.54) is 7.11 Å². The van der Waals surface area contributed by atoms with Crippen molar-refractivity contribution in [2.45, 2.75) is 83.7 Å². The zero-order valence-corrected chi connectivity index (χ0v) is 25.6. The van der Waals surface area contributed by atoms with E-state index in [1.807, 2.05) is 31.7 Å². The predicted molar refractivity (Wildman–Crippen MR) is 156 cm³/mol. The summed E-state index contributed by atoms with van der Waals surface area (Å²) in [5, 5.41) is 0. The first-order chi connectivity index (χ1) is 20.0. The van der Waals surface area contributed by atoms with Gasteiger partial charge in [-0.1, -0.05) is 12.1 Å². The molecule has 2 atom stereocenters. The highest BCUT2D eigenvalue weighted by Gasteiger charge is 2.32. The Hall–Kier alpha value is -3.17. The molecule has 2 fully saturated rings. The first-order valence-electron chi connectivity index (χ1n) is 15.1. The number of esters is 1. The van der Waals surface area contributed by atoms with Crippen LogP contribution in [-0.4, -0.2) is 85.7 Å². The van der Waals surface area contributed by atoms with E-state index in [2.05, 4.69) is 0 Å². The molecule has 2 aliphatic heterocycles. The van der Waals surface area contributed by atoms with Gasteiger partial charge in [0.2, 0.25) is 5.91 Å². The highest BCUT2D eigenvalue weighted by atomic mass is 19.1. The van der Waals surface area contributed by atoms with Gasteiger partial charge in [0.1, 0.15) is 30.4 Å². The van der Waals surface area contributed by atoms with Gasteiger partial charge in [-0.15, -0.1) is 0 Å². The summed E-state index contributed by atoms with van der Waals surface area (Å²) in [4.78, 5) is 54.6. The van der Waals surface area contributed by atoms with Crippen molar-refractivity contribution in [3.05, 3.63) is 29.8 Å². The van der Waals surface area contributed by atoms with Gasteiger partial charge in [-0.05, 0) is 76.5 Å². The predicted octanol–water partition coefficient (Wildman–Crippen LogP) is 5.31. The normalized spacial score (nSPS) is 18.7. The number of amides is 2. The molecule has 9 nitrogen and oxygen atoms in total. The number of alkyl halides is 1. The lowest BCUT2D eigenvalue weighted by atomic mass is 9.84. The van der Waals surface area contributed by atoms with E-state index in [1.54, 1.807) is 23.1 Å². The van der Waals surface area contributed by atoms with Crippen LogP contribution in [0, 0.1) is 11.8 Å². The third-order valence-corrected chi connectivity index (χ3v) is 8.03. The number of methoxy groups -OCH3 is 1.